The van der Waals surface area contributed by atoms with Crippen molar-refractivity contribution in [3.8, 4) is 5.75 Å². The van der Waals surface area contributed by atoms with Gasteiger partial charge in [-0.3, -0.25) is 0 Å². The number of methoxy groups -OCH3 is 1. The van der Waals surface area contributed by atoms with Crippen LogP contribution >= 0.6 is 11.8 Å². The van der Waals surface area contributed by atoms with E-state index in [1.54, 1.807) is 7.11 Å². The van der Waals surface area contributed by atoms with Crippen LogP contribution in [-0.4, -0.2) is 24.7 Å². The minimum atomic E-state index is 0.544. The van der Waals surface area contributed by atoms with Crippen molar-refractivity contribution >= 4 is 23.1 Å². The Kier molecular flexibility index (Phi) is 4.64. The third-order valence-electron chi connectivity index (χ3n) is 3.65. The SMILES string of the molecule is COc1cccc(NC2CCC(SC)CC2)c1N. The quantitative estimate of drug-likeness (QED) is 0.820. The van der Waals surface area contributed by atoms with Crippen LogP contribution in [-0.2, 0) is 0 Å². The Morgan fingerprint density at radius 2 is 2.00 bits per heavy atom. The van der Waals surface area contributed by atoms with Gasteiger partial charge in [-0.15, -0.1) is 0 Å². The zero-order chi connectivity index (χ0) is 13.0. The third-order valence-corrected chi connectivity index (χ3v) is 4.79. The van der Waals surface area contributed by atoms with Gasteiger partial charge in [0.1, 0.15) is 5.75 Å². The lowest BCUT2D eigenvalue weighted by Gasteiger charge is -2.29. The molecule has 100 valence electrons. The standard InChI is InChI=1S/C14H22N2OS/c1-17-13-5-3-4-12(14(13)15)16-10-6-8-11(18-2)9-7-10/h3-5,10-11,16H,6-9,15H2,1-2H3. The summed E-state index contributed by atoms with van der Waals surface area (Å²) in [4.78, 5) is 0. The summed E-state index contributed by atoms with van der Waals surface area (Å²) in [6.07, 6.45) is 7.24. The maximum Gasteiger partial charge on any atom is 0.143 e. The van der Waals surface area contributed by atoms with Crippen LogP contribution in [0.2, 0.25) is 0 Å². The zero-order valence-electron chi connectivity index (χ0n) is 11.1. The summed E-state index contributed by atoms with van der Waals surface area (Å²) in [5.74, 6) is 0.748. The van der Waals surface area contributed by atoms with Crippen molar-refractivity contribution in [2.24, 2.45) is 0 Å². The minimum Gasteiger partial charge on any atom is -0.495 e. The summed E-state index contributed by atoms with van der Waals surface area (Å²) in [5, 5.41) is 4.39. The van der Waals surface area contributed by atoms with Crippen LogP contribution in [0, 0.1) is 0 Å². The molecule has 0 aliphatic heterocycles. The molecule has 1 aromatic carbocycles. The molecule has 1 saturated carbocycles. The number of hydrogen-bond donors (Lipinski definition) is 2. The molecule has 3 N–H and O–H groups in total. The second-order valence-electron chi connectivity index (χ2n) is 4.78. The molecule has 0 radical (unpaired) electrons. The van der Waals surface area contributed by atoms with Crippen molar-refractivity contribution in [3.63, 3.8) is 0 Å². The van der Waals surface area contributed by atoms with Gasteiger partial charge in [-0.05, 0) is 44.1 Å². The van der Waals surface area contributed by atoms with Crippen LogP contribution in [0.1, 0.15) is 25.7 Å². The maximum absolute atomic E-state index is 6.07. The number of benzene rings is 1. The predicted octanol–water partition coefficient (Wildman–Crippen LogP) is 3.36. The molecule has 1 aromatic rings. The van der Waals surface area contributed by atoms with Gasteiger partial charge in [0.05, 0.1) is 18.5 Å². The zero-order valence-corrected chi connectivity index (χ0v) is 11.9. The first kappa shape index (κ1) is 13.4. The van der Waals surface area contributed by atoms with E-state index in [0.717, 1.165) is 16.7 Å². The number of nitrogens with one attached hydrogen (secondary N) is 1. The molecule has 0 unspecified atom stereocenters. The number of para-hydroxylation sites is 1. The molecule has 0 bridgehead atoms. The Morgan fingerprint density at radius 3 is 2.61 bits per heavy atom. The van der Waals surface area contributed by atoms with E-state index in [9.17, 15) is 0 Å². The van der Waals surface area contributed by atoms with Gasteiger partial charge in [-0.25, -0.2) is 0 Å². The fraction of sp³-hybridized carbons (Fsp3) is 0.571. The molecule has 0 aromatic heterocycles. The molecule has 4 heteroatoms. The second kappa shape index (κ2) is 6.23. The van der Waals surface area contributed by atoms with Gasteiger partial charge in [0.25, 0.3) is 0 Å². The molecule has 0 heterocycles. The molecular formula is C14H22N2OS. The summed E-state index contributed by atoms with van der Waals surface area (Å²) in [5.41, 5.74) is 7.79. The highest BCUT2D eigenvalue weighted by Crippen LogP contribution is 2.33. The number of ether oxygens (including phenoxy) is 1. The summed E-state index contributed by atoms with van der Waals surface area (Å²) in [6.45, 7) is 0. The van der Waals surface area contributed by atoms with Gasteiger partial charge < -0.3 is 15.8 Å². The van der Waals surface area contributed by atoms with Crippen molar-refractivity contribution in [1.29, 1.82) is 0 Å². The fourth-order valence-electron chi connectivity index (χ4n) is 2.51. The molecular weight excluding hydrogens is 244 g/mol. The summed E-state index contributed by atoms with van der Waals surface area (Å²) in [7, 11) is 1.65. The number of nitrogens with two attached hydrogens (primary N) is 1. The molecule has 0 atom stereocenters. The average molecular weight is 266 g/mol. The molecule has 0 saturated heterocycles. The van der Waals surface area contributed by atoms with Crippen molar-refractivity contribution in [3.05, 3.63) is 18.2 Å². The van der Waals surface area contributed by atoms with E-state index in [-0.39, 0.29) is 0 Å². The van der Waals surface area contributed by atoms with E-state index >= 15 is 0 Å². The van der Waals surface area contributed by atoms with E-state index in [0.29, 0.717) is 11.7 Å². The van der Waals surface area contributed by atoms with E-state index in [1.807, 2.05) is 30.0 Å². The summed E-state index contributed by atoms with van der Waals surface area (Å²) in [6, 6.07) is 6.44. The van der Waals surface area contributed by atoms with Crippen molar-refractivity contribution in [2.75, 3.05) is 24.4 Å². The number of anilines is 2. The van der Waals surface area contributed by atoms with Gasteiger partial charge in [0.15, 0.2) is 0 Å². The normalized spacial score (nSPS) is 23.7. The predicted molar refractivity (Wildman–Crippen MR) is 80.6 cm³/mol. The van der Waals surface area contributed by atoms with E-state index in [4.69, 9.17) is 10.5 Å². The first-order chi connectivity index (χ1) is 8.74. The minimum absolute atomic E-state index is 0.544. The van der Waals surface area contributed by atoms with Gasteiger partial charge in [-0.2, -0.15) is 11.8 Å². The number of rotatable bonds is 4. The number of nitrogen functional groups attached to an aromatic ring is 1. The molecule has 1 aliphatic carbocycles. The molecule has 0 spiro atoms. The van der Waals surface area contributed by atoms with Crippen LogP contribution in [0.5, 0.6) is 5.75 Å². The Hall–Kier alpha value is -1.03. The molecule has 2 rings (SSSR count). The maximum atomic E-state index is 6.07. The Bertz CT molecular complexity index is 389. The number of thioether (sulfide) groups is 1. The van der Waals surface area contributed by atoms with E-state index in [1.165, 1.54) is 25.7 Å². The monoisotopic (exact) mass is 266 g/mol. The molecule has 1 aliphatic rings. The Morgan fingerprint density at radius 1 is 1.28 bits per heavy atom. The van der Waals surface area contributed by atoms with Gasteiger partial charge >= 0.3 is 0 Å². The van der Waals surface area contributed by atoms with Crippen molar-refractivity contribution in [2.45, 2.75) is 37.0 Å². The molecule has 0 amide bonds. The first-order valence-corrected chi connectivity index (χ1v) is 7.75. The van der Waals surface area contributed by atoms with Gasteiger partial charge in [0, 0.05) is 11.3 Å². The van der Waals surface area contributed by atoms with Gasteiger partial charge in [0.2, 0.25) is 0 Å². The lowest BCUT2D eigenvalue weighted by Crippen LogP contribution is -2.27. The van der Waals surface area contributed by atoms with Gasteiger partial charge in [-0.1, -0.05) is 6.07 Å². The third kappa shape index (κ3) is 3.05. The van der Waals surface area contributed by atoms with Crippen LogP contribution < -0.4 is 15.8 Å². The van der Waals surface area contributed by atoms with Crippen LogP contribution in [0.15, 0.2) is 18.2 Å². The Labute approximate surface area is 113 Å². The smallest absolute Gasteiger partial charge is 0.143 e. The Balaban J connectivity index is 1.98. The van der Waals surface area contributed by atoms with Crippen LogP contribution in [0.3, 0.4) is 0 Å². The molecule has 3 nitrogen and oxygen atoms in total. The number of hydrogen-bond acceptors (Lipinski definition) is 4. The van der Waals surface area contributed by atoms with Crippen LogP contribution in [0.25, 0.3) is 0 Å². The fourth-order valence-corrected chi connectivity index (χ4v) is 3.25. The van der Waals surface area contributed by atoms with Crippen molar-refractivity contribution in [1.82, 2.24) is 0 Å². The highest BCUT2D eigenvalue weighted by molar-refractivity contribution is 7.99. The van der Waals surface area contributed by atoms with Crippen LogP contribution in [0.4, 0.5) is 11.4 Å². The molecule has 1 fully saturated rings. The molecule has 18 heavy (non-hydrogen) atoms. The highest BCUT2D eigenvalue weighted by atomic mass is 32.2. The topological polar surface area (TPSA) is 47.3 Å². The van der Waals surface area contributed by atoms with Crippen molar-refractivity contribution < 1.29 is 4.74 Å². The highest BCUT2D eigenvalue weighted by Gasteiger charge is 2.20. The lowest BCUT2D eigenvalue weighted by atomic mass is 9.94. The lowest BCUT2D eigenvalue weighted by molar-refractivity contribution is 0.417. The van der Waals surface area contributed by atoms with E-state index < -0.39 is 0 Å². The average Bonchev–Trinajstić information content (AvgIpc) is 2.42. The van der Waals surface area contributed by atoms with E-state index in [2.05, 4.69) is 11.6 Å². The first-order valence-electron chi connectivity index (χ1n) is 6.46. The summed E-state index contributed by atoms with van der Waals surface area (Å²) >= 11 is 1.99. The largest absolute Gasteiger partial charge is 0.495 e. The summed E-state index contributed by atoms with van der Waals surface area (Å²) < 4.78 is 5.24. The second-order valence-corrected chi connectivity index (χ2v) is 5.91.